The first-order valence-corrected chi connectivity index (χ1v) is 8.69. The lowest BCUT2D eigenvalue weighted by molar-refractivity contribution is 0.684. The molecule has 0 radical (unpaired) electrons. The molecule has 1 unspecified atom stereocenters. The summed E-state index contributed by atoms with van der Waals surface area (Å²) in [6, 6.07) is 20.0. The molecule has 1 nitrogen and oxygen atoms in total. The van der Waals surface area contributed by atoms with Crippen molar-refractivity contribution >= 4 is 22.6 Å². The van der Waals surface area contributed by atoms with E-state index >= 15 is 0 Å². The average molecular weight is 292 g/mol. The molecule has 1 atom stereocenters. The highest BCUT2D eigenvalue weighted by atomic mass is 32.2. The SMILES string of the molecule is CCS(=O)c1ccccc1.CCSc1ccccc1. The van der Waals surface area contributed by atoms with Crippen molar-refractivity contribution in [2.75, 3.05) is 11.5 Å². The third-order valence-electron chi connectivity index (χ3n) is 2.32. The summed E-state index contributed by atoms with van der Waals surface area (Å²) in [6.45, 7) is 4.08. The van der Waals surface area contributed by atoms with Crippen molar-refractivity contribution < 1.29 is 4.21 Å². The van der Waals surface area contributed by atoms with Gasteiger partial charge in [0, 0.05) is 15.5 Å². The van der Waals surface area contributed by atoms with Crippen LogP contribution in [0.2, 0.25) is 0 Å². The van der Waals surface area contributed by atoms with Crippen LogP contribution in [0.1, 0.15) is 13.8 Å². The van der Waals surface area contributed by atoms with Crippen molar-refractivity contribution in [1.29, 1.82) is 0 Å². The normalized spacial score (nSPS) is 11.3. The summed E-state index contributed by atoms with van der Waals surface area (Å²) in [5, 5.41) is 0. The first kappa shape index (κ1) is 16.0. The van der Waals surface area contributed by atoms with E-state index in [1.165, 1.54) is 4.90 Å². The zero-order valence-corrected chi connectivity index (χ0v) is 13.0. The number of hydrogen-bond acceptors (Lipinski definition) is 2. The van der Waals surface area contributed by atoms with Gasteiger partial charge in [0.1, 0.15) is 0 Å². The molecule has 0 heterocycles. The van der Waals surface area contributed by atoms with Gasteiger partial charge in [0.2, 0.25) is 0 Å². The van der Waals surface area contributed by atoms with Crippen LogP contribution in [0.25, 0.3) is 0 Å². The van der Waals surface area contributed by atoms with Gasteiger partial charge < -0.3 is 0 Å². The third-order valence-corrected chi connectivity index (χ3v) is 4.54. The number of hydrogen-bond donors (Lipinski definition) is 0. The van der Waals surface area contributed by atoms with Gasteiger partial charge in [-0.05, 0) is 30.0 Å². The minimum atomic E-state index is -0.790. The molecule has 3 heteroatoms. The Morgan fingerprint density at radius 2 is 1.42 bits per heavy atom. The van der Waals surface area contributed by atoms with Crippen LogP contribution >= 0.6 is 11.8 Å². The Bertz CT molecular complexity index is 469. The molecule has 2 rings (SSSR count). The van der Waals surface area contributed by atoms with E-state index in [-0.39, 0.29) is 0 Å². The number of rotatable bonds is 4. The van der Waals surface area contributed by atoms with Gasteiger partial charge in [0.05, 0.1) is 10.8 Å². The molecule has 0 fully saturated rings. The summed E-state index contributed by atoms with van der Waals surface area (Å²) in [6.07, 6.45) is 0. The van der Waals surface area contributed by atoms with Crippen LogP contribution in [0, 0.1) is 0 Å². The zero-order valence-electron chi connectivity index (χ0n) is 11.4. The van der Waals surface area contributed by atoms with Gasteiger partial charge in [0.25, 0.3) is 0 Å². The smallest absolute Gasteiger partial charge is 0.0526 e. The highest BCUT2D eigenvalue weighted by Crippen LogP contribution is 2.15. The van der Waals surface area contributed by atoms with Crippen molar-refractivity contribution in [3.8, 4) is 0 Å². The van der Waals surface area contributed by atoms with Crippen LogP contribution < -0.4 is 0 Å². The Balaban J connectivity index is 0.000000191. The van der Waals surface area contributed by atoms with Gasteiger partial charge in [-0.15, -0.1) is 11.8 Å². The molecule has 0 N–H and O–H groups in total. The highest BCUT2D eigenvalue weighted by Gasteiger charge is 1.96. The first-order chi connectivity index (χ1) is 9.27. The summed E-state index contributed by atoms with van der Waals surface area (Å²) >= 11 is 1.88. The van der Waals surface area contributed by atoms with Crippen LogP contribution in [0.15, 0.2) is 70.5 Å². The van der Waals surface area contributed by atoms with Crippen molar-refractivity contribution in [2.24, 2.45) is 0 Å². The Morgan fingerprint density at radius 1 is 0.895 bits per heavy atom. The van der Waals surface area contributed by atoms with Gasteiger partial charge in [0.15, 0.2) is 0 Å². The fraction of sp³-hybridized carbons (Fsp3) is 0.250. The molecule has 0 aliphatic carbocycles. The minimum Gasteiger partial charge on any atom is -0.254 e. The van der Waals surface area contributed by atoms with Crippen LogP contribution in [-0.2, 0) is 10.8 Å². The molecule has 102 valence electrons. The quantitative estimate of drug-likeness (QED) is 0.765. The Labute approximate surface area is 122 Å². The van der Waals surface area contributed by atoms with Gasteiger partial charge >= 0.3 is 0 Å². The lowest BCUT2D eigenvalue weighted by Gasteiger charge is -1.95. The predicted molar refractivity (Wildman–Crippen MR) is 86.2 cm³/mol. The average Bonchev–Trinajstić information content (AvgIpc) is 2.49. The molecule has 0 aliphatic rings. The minimum absolute atomic E-state index is 0.698. The molecule has 0 spiro atoms. The second-order valence-corrected chi connectivity index (χ2v) is 6.77. The summed E-state index contributed by atoms with van der Waals surface area (Å²) in [5.74, 6) is 1.86. The second-order valence-electron chi connectivity index (χ2n) is 3.69. The maximum Gasteiger partial charge on any atom is 0.0526 e. The van der Waals surface area contributed by atoms with E-state index in [0.29, 0.717) is 5.75 Å². The van der Waals surface area contributed by atoms with E-state index in [9.17, 15) is 4.21 Å². The van der Waals surface area contributed by atoms with Crippen molar-refractivity contribution in [2.45, 2.75) is 23.6 Å². The van der Waals surface area contributed by atoms with Gasteiger partial charge in [-0.3, -0.25) is 4.21 Å². The lowest BCUT2D eigenvalue weighted by atomic mass is 10.4. The fourth-order valence-electron chi connectivity index (χ4n) is 1.42. The molecule has 0 aromatic heterocycles. The second kappa shape index (κ2) is 9.82. The molecule has 0 saturated carbocycles. The van der Waals surface area contributed by atoms with Crippen molar-refractivity contribution in [1.82, 2.24) is 0 Å². The van der Waals surface area contributed by atoms with E-state index in [2.05, 4.69) is 31.2 Å². The molecular weight excluding hydrogens is 272 g/mol. The molecule has 0 bridgehead atoms. The fourth-order valence-corrected chi connectivity index (χ4v) is 2.90. The highest BCUT2D eigenvalue weighted by molar-refractivity contribution is 7.99. The maximum atomic E-state index is 11.1. The van der Waals surface area contributed by atoms with E-state index in [1.807, 2.05) is 55.1 Å². The number of benzene rings is 2. The molecule has 2 aromatic rings. The lowest BCUT2D eigenvalue weighted by Crippen LogP contribution is -1.92. The van der Waals surface area contributed by atoms with Gasteiger partial charge in [-0.1, -0.05) is 50.2 Å². The van der Waals surface area contributed by atoms with E-state index < -0.39 is 10.8 Å². The van der Waals surface area contributed by atoms with E-state index in [1.54, 1.807) is 0 Å². The topological polar surface area (TPSA) is 17.1 Å². The monoisotopic (exact) mass is 292 g/mol. The molecule has 0 aliphatic heterocycles. The third kappa shape index (κ3) is 6.60. The Kier molecular flexibility index (Phi) is 8.26. The standard InChI is InChI=1S/C8H10OS.C8H10S/c1-2-10(9)8-6-4-3-5-7-8;1-2-9-8-6-4-3-5-7-8/h3-7H,2H2,1H3;3-7H,2H2,1H3. The Hall–Kier alpha value is -1.06. The predicted octanol–water partition coefficient (Wildman–Crippen LogP) is 4.61. The Morgan fingerprint density at radius 3 is 1.89 bits per heavy atom. The van der Waals surface area contributed by atoms with Crippen LogP contribution in [-0.4, -0.2) is 15.7 Å². The molecule has 0 saturated heterocycles. The summed E-state index contributed by atoms with van der Waals surface area (Å²) < 4.78 is 11.1. The molecule has 19 heavy (non-hydrogen) atoms. The molecular formula is C16H20OS2. The van der Waals surface area contributed by atoms with Crippen LogP contribution in [0.5, 0.6) is 0 Å². The zero-order chi connectivity index (χ0) is 13.9. The summed E-state index contributed by atoms with van der Waals surface area (Å²) in [5.41, 5.74) is 0. The molecule has 0 amide bonds. The van der Waals surface area contributed by atoms with Gasteiger partial charge in [-0.25, -0.2) is 0 Å². The molecule has 2 aromatic carbocycles. The van der Waals surface area contributed by atoms with E-state index in [0.717, 1.165) is 10.6 Å². The first-order valence-electron chi connectivity index (χ1n) is 6.39. The van der Waals surface area contributed by atoms with Gasteiger partial charge in [-0.2, -0.15) is 0 Å². The largest absolute Gasteiger partial charge is 0.254 e. The summed E-state index contributed by atoms with van der Waals surface area (Å²) in [7, 11) is -0.790. The van der Waals surface area contributed by atoms with E-state index in [4.69, 9.17) is 0 Å². The maximum absolute atomic E-state index is 11.1. The van der Waals surface area contributed by atoms with Crippen molar-refractivity contribution in [3.05, 3.63) is 60.7 Å². The van der Waals surface area contributed by atoms with Crippen molar-refractivity contribution in [3.63, 3.8) is 0 Å². The van der Waals surface area contributed by atoms with Crippen LogP contribution in [0.3, 0.4) is 0 Å². The summed E-state index contributed by atoms with van der Waals surface area (Å²) in [4.78, 5) is 2.28. The van der Waals surface area contributed by atoms with Crippen LogP contribution in [0.4, 0.5) is 0 Å². The number of thioether (sulfide) groups is 1.